The lowest BCUT2D eigenvalue weighted by Gasteiger charge is -2.19. The Morgan fingerprint density at radius 1 is 1.29 bits per heavy atom. The summed E-state index contributed by atoms with van der Waals surface area (Å²) in [4.78, 5) is 0. The van der Waals surface area contributed by atoms with Crippen LogP contribution in [-0.2, 0) is 6.42 Å². The predicted molar refractivity (Wildman–Crippen MR) is 83.8 cm³/mol. The molecule has 0 radical (unpaired) electrons. The second kappa shape index (κ2) is 5.78. The van der Waals surface area contributed by atoms with Crippen LogP contribution < -0.4 is 10.1 Å². The van der Waals surface area contributed by atoms with Crippen molar-refractivity contribution in [1.82, 2.24) is 5.32 Å². The monoisotopic (exact) mass is 283 g/mol. The summed E-state index contributed by atoms with van der Waals surface area (Å²) in [7, 11) is 0. The van der Waals surface area contributed by atoms with Gasteiger partial charge in [-0.1, -0.05) is 24.3 Å². The fourth-order valence-corrected chi connectivity index (χ4v) is 2.91. The number of nitrogens with one attached hydrogen (secondary N) is 1. The second-order valence-electron chi connectivity index (χ2n) is 5.78. The number of aromatic hydroxyl groups is 1. The van der Waals surface area contributed by atoms with Crippen LogP contribution in [-0.4, -0.2) is 17.8 Å². The van der Waals surface area contributed by atoms with Gasteiger partial charge in [0.2, 0.25) is 0 Å². The van der Waals surface area contributed by atoms with Crippen molar-refractivity contribution in [2.24, 2.45) is 0 Å². The van der Waals surface area contributed by atoms with Gasteiger partial charge in [-0.05, 0) is 43.5 Å². The maximum atomic E-state index is 9.49. The maximum absolute atomic E-state index is 9.49. The molecule has 3 heteroatoms. The van der Waals surface area contributed by atoms with Gasteiger partial charge in [0.25, 0.3) is 0 Å². The molecule has 0 aliphatic carbocycles. The van der Waals surface area contributed by atoms with Gasteiger partial charge in [-0.3, -0.25) is 0 Å². The van der Waals surface area contributed by atoms with E-state index < -0.39 is 0 Å². The Morgan fingerprint density at radius 2 is 2.10 bits per heavy atom. The third-order valence-corrected chi connectivity index (χ3v) is 4.05. The quantitative estimate of drug-likeness (QED) is 0.904. The van der Waals surface area contributed by atoms with Crippen molar-refractivity contribution in [2.45, 2.75) is 32.4 Å². The second-order valence-corrected chi connectivity index (χ2v) is 5.78. The molecule has 2 aromatic rings. The maximum Gasteiger partial charge on any atom is 0.127 e. The molecule has 0 bridgehead atoms. The molecule has 3 nitrogen and oxygen atoms in total. The normalized spacial score (nSPS) is 18.1. The van der Waals surface area contributed by atoms with Crippen LogP contribution in [0.3, 0.4) is 0 Å². The minimum absolute atomic E-state index is 0.194. The van der Waals surface area contributed by atoms with Gasteiger partial charge in [0.1, 0.15) is 18.1 Å². The van der Waals surface area contributed by atoms with E-state index in [0.717, 1.165) is 17.7 Å². The predicted octanol–water partition coefficient (Wildman–Crippen LogP) is 3.35. The van der Waals surface area contributed by atoms with Gasteiger partial charge in [0, 0.05) is 17.7 Å². The van der Waals surface area contributed by atoms with E-state index in [-0.39, 0.29) is 11.8 Å². The van der Waals surface area contributed by atoms with Crippen molar-refractivity contribution >= 4 is 0 Å². The number of hydrogen-bond donors (Lipinski definition) is 2. The van der Waals surface area contributed by atoms with Crippen LogP contribution in [0.4, 0.5) is 0 Å². The van der Waals surface area contributed by atoms with Crippen molar-refractivity contribution in [2.75, 3.05) is 6.61 Å². The number of aryl methyl sites for hydroxylation is 1. The summed E-state index contributed by atoms with van der Waals surface area (Å²) < 4.78 is 5.64. The first-order valence-electron chi connectivity index (χ1n) is 7.40. The highest BCUT2D eigenvalue weighted by Crippen LogP contribution is 2.35. The fourth-order valence-electron chi connectivity index (χ4n) is 2.91. The Kier molecular flexibility index (Phi) is 3.84. The van der Waals surface area contributed by atoms with Crippen molar-refractivity contribution in [3.05, 3.63) is 59.2 Å². The highest BCUT2D eigenvalue weighted by Gasteiger charge is 2.25. The lowest BCUT2D eigenvalue weighted by Crippen LogP contribution is -2.33. The minimum Gasteiger partial charge on any atom is -0.508 e. The molecule has 1 heterocycles. The highest BCUT2D eigenvalue weighted by molar-refractivity contribution is 5.44. The molecule has 110 valence electrons. The zero-order valence-electron chi connectivity index (χ0n) is 12.5. The average Bonchev–Trinajstić information content (AvgIpc) is 2.83. The van der Waals surface area contributed by atoms with Crippen LogP contribution in [0.15, 0.2) is 42.5 Å². The van der Waals surface area contributed by atoms with Crippen LogP contribution in [0.5, 0.6) is 11.5 Å². The lowest BCUT2D eigenvalue weighted by atomic mass is 10.0. The van der Waals surface area contributed by atoms with Gasteiger partial charge in [-0.15, -0.1) is 0 Å². The SMILES string of the molecule is Cc1ccccc1CC(C)NC1COc2cc(O)ccc21. The van der Waals surface area contributed by atoms with Crippen LogP contribution in [0.2, 0.25) is 0 Å². The minimum atomic E-state index is 0.194. The average molecular weight is 283 g/mol. The molecule has 0 aromatic heterocycles. The van der Waals surface area contributed by atoms with Gasteiger partial charge in [0.05, 0.1) is 6.04 Å². The molecule has 2 unspecified atom stereocenters. The smallest absolute Gasteiger partial charge is 0.127 e. The van der Waals surface area contributed by atoms with E-state index in [1.807, 2.05) is 6.07 Å². The molecule has 0 amide bonds. The lowest BCUT2D eigenvalue weighted by molar-refractivity contribution is 0.299. The third-order valence-electron chi connectivity index (χ3n) is 4.05. The van der Waals surface area contributed by atoms with Gasteiger partial charge < -0.3 is 15.2 Å². The molecule has 0 saturated heterocycles. The highest BCUT2D eigenvalue weighted by atomic mass is 16.5. The number of phenols is 1. The largest absolute Gasteiger partial charge is 0.508 e. The summed E-state index contributed by atoms with van der Waals surface area (Å²) in [5.41, 5.74) is 3.84. The van der Waals surface area contributed by atoms with E-state index in [4.69, 9.17) is 4.74 Å². The van der Waals surface area contributed by atoms with Crippen LogP contribution >= 0.6 is 0 Å². The van der Waals surface area contributed by atoms with E-state index in [1.54, 1.807) is 12.1 Å². The van der Waals surface area contributed by atoms with Crippen LogP contribution in [0.1, 0.15) is 29.7 Å². The fraction of sp³-hybridized carbons (Fsp3) is 0.333. The summed E-state index contributed by atoms with van der Waals surface area (Å²) in [6.45, 7) is 4.97. The van der Waals surface area contributed by atoms with Gasteiger partial charge in [-0.25, -0.2) is 0 Å². The summed E-state index contributed by atoms with van der Waals surface area (Å²) in [5, 5.41) is 13.1. The molecule has 0 fully saturated rings. The standard InChI is InChI=1S/C18H21NO2/c1-12-5-3-4-6-14(12)9-13(2)19-17-11-21-18-10-15(20)7-8-16(17)18/h3-8,10,13,17,19-20H,9,11H2,1-2H3. The van der Waals surface area contributed by atoms with Crippen molar-refractivity contribution in [3.63, 3.8) is 0 Å². The molecule has 3 rings (SSSR count). The van der Waals surface area contributed by atoms with Crippen molar-refractivity contribution in [3.8, 4) is 11.5 Å². The van der Waals surface area contributed by atoms with Gasteiger partial charge in [0.15, 0.2) is 0 Å². The number of fused-ring (bicyclic) bond motifs is 1. The molecule has 0 spiro atoms. The van der Waals surface area contributed by atoms with E-state index in [2.05, 4.69) is 43.4 Å². The van der Waals surface area contributed by atoms with Crippen molar-refractivity contribution < 1.29 is 9.84 Å². The molecule has 1 aliphatic rings. The first-order chi connectivity index (χ1) is 10.1. The Hall–Kier alpha value is -2.00. The van der Waals surface area contributed by atoms with E-state index >= 15 is 0 Å². The topological polar surface area (TPSA) is 41.5 Å². The van der Waals surface area contributed by atoms with Crippen LogP contribution in [0, 0.1) is 6.92 Å². The summed E-state index contributed by atoms with van der Waals surface area (Å²) in [6.07, 6.45) is 0.997. The van der Waals surface area contributed by atoms with Gasteiger partial charge >= 0.3 is 0 Å². The first kappa shape index (κ1) is 14.0. The molecular weight excluding hydrogens is 262 g/mol. The summed E-state index contributed by atoms with van der Waals surface area (Å²) >= 11 is 0. The number of benzene rings is 2. The zero-order valence-corrected chi connectivity index (χ0v) is 12.5. The number of rotatable bonds is 4. The molecule has 2 aromatic carbocycles. The zero-order chi connectivity index (χ0) is 14.8. The molecule has 2 N–H and O–H groups in total. The summed E-state index contributed by atoms with van der Waals surface area (Å²) in [6, 6.07) is 14.4. The molecule has 0 saturated carbocycles. The number of ether oxygens (including phenoxy) is 1. The Bertz CT molecular complexity index is 639. The van der Waals surface area contributed by atoms with Crippen molar-refractivity contribution in [1.29, 1.82) is 0 Å². The molecule has 2 atom stereocenters. The van der Waals surface area contributed by atoms with Gasteiger partial charge in [-0.2, -0.15) is 0 Å². The molecule has 1 aliphatic heterocycles. The number of phenolic OH excluding ortho intramolecular Hbond substituents is 1. The Balaban J connectivity index is 1.67. The molecule has 21 heavy (non-hydrogen) atoms. The summed E-state index contributed by atoms with van der Waals surface area (Å²) in [5.74, 6) is 1.04. The Morgan fingerprint density at radius 3 is 2.90 bits per heavy atom. The third kappa shape index (κ3) is 3.03. The van der Waals surface area contributed by atoms with Crippen LogP contribution in [0.25, 0.3) is 0 Å². The Labute approximate surface area is 125 Å². The molecular formula is C18H21NO2. The van der Waals surface area contributed by atoms with E-state index in [9.17, 15) is 5.11 Å². The number of hydrogen-bond acceptors (Lipinski definition) is 3. The van der Waals surface area contributed by atoms with E-state index in [0.29, 0.717) is 12.6 Å². The first-order valence-corrected chi connectivity index (χ1v) is 7.40. The van der Waals surface area contributed by atoms with E-state index in [1.165, 1.54) is 11.1 Å².